The molecule has 6 nitrogen and oxygen atoms in total. The molecule has 0 saturated carbocycles. The number of unbranched alkanes of at least 4 members (excludes halogenated alkanes) is 1. The molecule has 2 rings (SSSR count). The quantitative estimate of drug-likeness (QED) is 0.761. The van der Waals surface area contributed by atoms with Crippen molar-refractivity contribution in [2.45, 2.75) is 83.8 Å². The van der Waals surface area contributed by atoms with Gasteiger partial charge in [-0.15, -0.1) is 0 Å². The Hall–Kier alpha value is -1.14. The van der Waals surface area contributed by atoms with E-state index in [1.165, 1.54) is 4.90 Å². The molecule has 0 aliphatic carbocycles. The van der Waals surface area contributed by atoms with Gasteiger partial charge in [-0.05, 0) is 47.0 Å². The number of rotatable bonds is 5. The molecule has 132 valence electrons. The van der Waals surface area contributed by atoms with E-state index in [9.17, 15) is 9.59 Å². The number of nitrogens with one attached hydrogen (secondary N) is 2. The van der Waals surface area contributed by atoms with Gasteiger partial charge in [0.1, 0.15) is 5.54 Å². The summed E-state index contributed by atoms with van der Waals surface area (Å²) in [7, 11) is 0. The van der Waals surface area contributed by atoms with Crippen molar-refractivity contribution in [2.24, 2.45) is 0 Å². The molecule has 6 heteroatoms. The Morgan fingerprint density at radius 3 is 2.13 bits per heavy atom. The third-order valence-electron chi connectivity index (χ3n) is 4.98. The molecule has 3 amide bonds. The molecule has 0 radical (unpaired) electrons. The number of imide groups is 1. The lowest BCUT2D eigenvalue weighted by Gasteiger charge is -2.57. The van der Waals surface area contributed by atoms with E-state index in [2.05, 4.69) is 57.3 Å². The fourth-order valence-corrected chi connectivity index (χ4v) is 4.54. The van der Waals surface area contributed by atoms with Crippen molar-refractivity contribution in [3.05, 3.63) is 0 Å². The van der Waals surface area contributed by atoms with Gasteiger partial charge in [0.05, 0.1) is 0 Å². The zero-order valence-electron chi connectivity index (χ0n) is 15.5. The average molecular weight is 324 g/mol. The molecule has 2 heterocycles. The van der Waals surface area contributed by atoms with Crippen LogP contribution in [0.1, 0.15) is 67.2 Å². The Balaban J connectivity index is 2.30. The van der Waals surface area contributed by atoms with Gasteiger partial charge in [0, 0.05) is 24.2 Å². The van der Waals surface area contributed by atoms with E-state index < -0.39 is 5.54 Å². The maximum Gasteiger partial charge on any atom is 0.325 e. The largest absolute Gasteiger partial charge is 0.325 e. The van der Waals surface area contributed by atoms with Gasteiger partial charge < -0.3 is 5.32 Å². The Morgan fingerprint density at radius 2 is 1.65 bits per heavy atom. The van der Waals surface area contributed by atoms with Crippen LogP contribution in [-0.2, 0) is 4.79 Å². The predicted octanol–water partition coefficient (Wildman–Crippen LogP) is 2.25. The van der Waals surface area contributed by atoms with Crippen molar-refractivity contribution < 1.29 is 9.59 Å². The smallest absolute Gasteiger partial charge is 0.323 e. The lowest BCUT2D eigenvalue weighted by Crippen LogP contribution is -2.72. The van der Waals surface area contributed by atoms with Crippen molar-refractivity contribution in [2.75, 3.05) is 13.1 Å². The first-order chi connectivity index (χ1) is 10.6. The second kappa shape index (κ2) is 6.06. The Morgan fingerprint density at radius 1 is 1.09 bits per heavy atom. The summed E-state index contributed by atoms with van der Waals surface area (Å²) in [5, 5.41) is 5.28. The van der Waals surface area contributed by atoms with Gasteiger partial charge in [0.15, 0.2) is 0 Å². The standard InChI is InChI=1S/C17H32N4O2/c1-7-9-10-20-13(22)17(19-14(20)23)11-15(3,4)21(18-8-2)16(5,6)12-17/h18H,7-12H2,1-6H3,(H,19,23). The first-order valence-corrected chi connectivity index (χ1v) is 8.77. The number of amides is 3. The number of piperidine rings is 1. The molecule has 2 saturated heterocycles. The first kappa shape index (κ1) is 18.2. The molecule has 0 aromatic heterocycles. The number of carbonyl (C=O) groups excluding carboxylic acids is 2. The van der Waals surface area contributed by atoms with E-state index in [-0.39, 0.29) is 23.0 Å². The zero-order valence-corrected chi connectivity index (χ0v) is 15.5. The monoisotopic (exact) mass is 324 g/mol. The van der Waals surface area contributed by atoms with E-state index in [0.717, 1.165) is 19.4 Å². The van der Waals surface area contributed by atoms with Crippen LogP contribution >= 0.6 is 0 Å². The summed E-state index contributed by atoms with van der Waals surface area (Å²) in [6.07, 6.45) is 3.05. The Kier molecular flexibility index (Phi) is 4.79. The summed E-state index contributed by atoms with van der Waals surface area (Å²) in [5.74, 6) is -0.0479. The summed E-state index contributed by atoms with van der Waals surface area (Å²) < 4.78 is 0. The third-order valence-corrected chi connectivity index (χ3v) is 4.98. The Bertz CT molecular complexity index is 469. The molecule has 0 aromatic carbocycles. The highest BCUT2D eigenvalue weighted by Crippen LogP contribution is 2.44. The minimum absolute atomic E-state index is 0.0479. The summed E-state index contributed by atoms with van der Waals surface area (Å²) in [5.41, 5.74) is 2.20. The van der Waals surface area contributed by atoms with Crippen LogP contribution in [0.25, 0.3) is 0 Å². The summed E-state index contributed by atoms with van der Waals surface area (Å²) >= 11 is 0. The van der Waals surface area contributed by atoms with Crippen molar-refractivity contribution in [1.82, 2.24) is 20.7 Å². The molecule has 0 aromatic rings. The lowest BCUT2D eigenvalue weighted by molar-refractivity contribution is -0.145. The molecular formula is C17H32N4O2. The minimum atomic E-state index is -0.774. The van der Waals surface area contributed by atoms with Crippen LogP contribution in [0.3, 0.4) is 0 Å². The second-order valence-electron chi connectivity index (χ2n) is 8.15. The van der Waals surface area contributed by atoms with Gasteiger partial charge in [-0.2, -0.15) is 0 Å². The highest BCUT2D eigenvalue weighted by molar-refractivity contribution is 6.07. The van der Waals surface area contributed by atoms with E-state index in [0.29, 0.717) is 19.4 Å². The molecule has 2 aliphatic heterocycles. The van der Waals surface area contributed by atoms with Crippen molar-refractivity contribution in [1.29, 1.82) is 0 Å². The van der Waals surface area contributed by atoms with Crippen molar-refractivity contribution in [3.8, 4) is 0 Å². The molecule has 2 N–H and O–H groups in total. The number of nitrogens with zero attached hydrogens (tertiary/aromatic N) is 2. The van der Waals surface area contributed by atoms with E-state index in [1.807, 2.05) is 0 Å². The van der Waals surface area contributed by atoms with Gasteiger partial charge >= 0.3 is 6.03 Å². The van der Waals surface area contributed by atoms with Crippen LogP contribution in [0.15, 0.2) is 0 Å². The molecule has 2 aliphatic rings. The molecular weight excluding hydrogens is 292 g/mol. The second-order valence-corrected chi connectivity index (χ2v) is 8.15. The topological polar surface area (TPSA) is 64.7 Å². The van der Waals surface area contributed by atoms with Crippen LogP contribution in [0, 0.1) is 0 Å². The fourth-order valence-electron chi connectivity index (χ4n) is 4.54. The predicted molar refractivity (Wildman–Crippen MR) is 90.8 cm³/mol. The molecule has 0 bridgehead atoms. The molecule has 0 atom stereocenters. The van der Waals surface area contributed by atoms with Crippen LogP contribution < -0.4 is 10.7 Å². The maximum atomic E-state index is 13.0. The first-order valence-electron chi connectivity index (χ1n) is 8.77. The van der Waals surface area contributed by atoms with E-state index >= 15 is 0 Å². The van der Waals surface area contributed by atoms with E-state index in [4.69, 9.17) is 0 Å². The molecule has 2 fully saturated rings. The van der Waals surface area contributed by atoms with E-state index in [1.54, 1.807) is 0 Å². The van der Waals surface area contributed by atoms with Crippen LogP contribution in [0.4, 0.5) is 4.79 Å². The number of hydrogen-bond donors (Lipinski definition) is 2. The SMILES string of the molecule is CCCCN1C(=O)NC2(CC(C)(C)N(NCC)C(C)(C)C2)C1=O. The highest BCUT2D eigenvalue weighted by Gasteiger charge is 2.61. The van der Waals surface area contributed by atoms with Crippen molar-refractivity contribution >= 4 is 11.9 Å². The van der Waals surface area contributed by atoms with Gasteiger partial charge in [0.25, 0.3) is 5.91 Å². The average Bonchev–Trinajstić information content (AvgIpc) is 2.62. The Labute approximate surface area is 139 Å². The van der Waals surface area contributed by atoms with Crippen LogP contribution in [0.5, 0.6) is 0 Å². The number of urea groups is 1. The zero-order chi connectivity index (χ0) is 17.5. The van der Waals surface area contributed by atoms with Crippen LogP contribution in [0.2, 0.25) is 0 Å². The van der Waals surface area contributed by atoms with Crippen molar-refractivity contribution in [3.63, 3.8) is 0 Å². The molecule has 23 heavy (non-hydrogen) atoms. The fraction of sp³-hybridized carbons (Fsp3) is 0.882. The van der Waals surface area contributed by atoms with Crippen LogP contribution in [-0.4, -0.2) is 51.6 Å². The summed E-state index contributed by atoms with van der Waals surface area (Å²) in [6, 6.07) is -0.230. The normalized spacial score (nSPS) is 25.9. The third kappa shape index (κ3) is 3.11. The lowest BCUT2D eigenvalue weighted by atomic mass is 9.70. The van der Waals surface area contributed by atoms with Gasteiger partial charge in [-0.25, -0.2) is 9.80 Å². The number of hydrogen-bond acceptors (Lipinski definition) is 4. The summed E-state index contributed by atoms with van der Waals surface area (Å²) in [6.45, 7) is 14.0. The number of hydrazine groups is 1. The van der Waals surface area contributed by atoms with Gasteiger partial charge in [-0.3, -0.25) is 15.1 Å². The van der Waals surface area contributed by atoms with Gasteiger partial charge in [-0.1, -0.05) is 20.3 Å². The minimum Gasteiger partial charge on any atom is -0.323 e. The van der Waals surface area contributed by atoms with Gasteiger partial charge in [0.2, 0.25) is 0 Å². The summed E-state index contributed by atoms with van der Waals surface area (Å²) in [4.78, 5) is 26.8. The number of carbonyl (C=O) groups is 2. The molecule has 0 unspecified atom stereocenters. The highest BCUT2D eigenvalue weighted by atomic mass is 16.2. The molecule has 1 spiro atoms. The maximum absolute atomic E-state index is 13.0.